The number of hydrogen-bond acceptors (Lipinski definition) is 5. The van der Waals surface area contributed by atoms with Crippen LogP contribution in [0.15, 0.2) is 0 Å². The zero-order chi connectivity index (χ0) is 15.3. The highest BCUT2D eigenvalue weighted by atomic mass is 28.4. The van der Waals surface area contributed by atoms with Crippen LogP contribution in [0.3, 0.4) is 0 Å². The van der Waals surface area contributed by atoms with Gasteiger partial charge in [-0.2, -0.15) is 0 Å². The van der Waals surface area contributed by atoms with Gasteiger partial charge in [0.2, 0.25) is 0 Å². The third kappa shape index (κ3) is 3.10. The zero-order valence-corrected chi connectivity index (χ0v) is 14.6. The minimum Gasteiger partial charge on any atom is -0.414 e. The smallest absolute Gasteiger partial charge is 0.192 e. The van der Waals surface area contributed by atoms with Crippen molar-refractivity contribution in [2.24, 2.45) is 0 Å². The van der Waals surface area contributed by atoms with Gasteiger partial charge in [0.25, 0.3) is 0 Å². The van der Waals surface area contributed by atoms with Gasteiger partial charge in [0, 0.05) is 0 Å². The van der Waals surface area contributed by atoms with Crippen molar-refractivity contribution in [3.05, 3.63) is 0 Å². The summed E-state index contributed by atoms with van der Waals surface area (Å²) in [5, 5.41) is 10.1. The molecule has 0 aromatic rings. The molecule has 0 radical (unpaired) electrons. The minimum absolute atomic E-state index is 0.149. The quantitative estimate of drug-likeness (QED) is 0.810. The Hall–Kier alpha value is 0.0169. The zero-order valence-electron chi connectivity index (χ0n) is 13.6. The van der Waals surface area contributed by atoms with Gasteiger partial charge in [-0.3, -0.25) is 0 Å². The predicted octanol–water partition coefficient (Wildman–Crippen LogP) is 2.25. The highest BCUT2D eigenvalue weighted by Crippen LogP contribution is 2.40. The SMILES string of the molecule is CC1(C)OC2C(O)O[C@H](CO[Si](C)(C)C(C)(C)C)C2O1. The van der Waals surface area contributed by atoms with E-state index < -0.39 is 26.5 Å². The van der Waals surface area contributed by atoms with Gasteiger partial charge in [-0.1, -0.05) is 20.8 Å². The maximum atomic E-state index is 9.92. The third-order valence-corrected chi connectivity index (χ3v) is 9.04. The number of ether oxygens (including phenoxy) is 3. The van der Waals surface area contributed by atoms with Crippen molar-refractivity contribution in [2.75, 3.05) is 6.61 Å². The normalized spacial score (nSPS) is 37.2. The molecule has 118 valence electrons. The lowest BCUT2D eigenvalue weighted by atomic mass is 10.1. The Balaban J connectivity index is 1.98. The summed E-state index contributed by atoms with van der Waals surface area (Å²) in [6, 6.07) is 0. The van der Waals surface area contributed by atoms with E-state index in [4.69, 9.17) is 18.6 Å². The second-order valence-electron chi connectivity index (χ2n) is 7.70. The summed E-state index contributed by atoms with van der Waals surface area (Å²) in [5.74, 6) is -0.671. The number of aliphatic hydroxyl groups is 1. The van der Waals surface area contributed by atoms with Crippen LogP contribution in [0.25, 0.3) is 0 Å². The molecule has 2 heterocycles. The minimum atomic E-state index is -1.83. The summed E-state index contributed by atoms with van der Waals surface area (Å²) >= 11 is 0. The van der Waals surface area contributed by atoms with E-state index in [1.54, 1.807) is 0 Å². The molecule has 3 unspecified atom stereocenters. The van der Waals surface area contributed by atoms with Crippen LogP contribution in [0.2, 0.25) is 18.1 Å². The average molecular weight is 304 g/mol. The lowest BCUT2D eigenvalue weighted by Crippen LogP contribution is -2.44. The molecule has 4 atom stereocenters. The molecule has 0 aliphatic carbocycles. The van der Waals surface area contributed by atoms with Gasteiger partial charge < -0.3 is 23.7 Å². The molecule has 20 heavy (non-hydrogen) atoms. The van der Waals surface area contributed by atoms with Crippen molar-refractivity contribution in [3.63, 3.8) is 0 Å². The fourth-order valence-corrected chi connectivity index (χ4v) is 3.31. The molecule has 0 bridgehead atoms. The van der Waals surface area contributed by atoms with Crippen LogP contribution in [0.5, 0.6) is 0 Å². The molecule has 2 fully saturated rings. The van der Waals surface area contributed by atoms with E-state index in [1.807, 2.05) is 13.8 Å². The average Bonchev–Trinajstić information content (AvgIpc) is 2.70. The molecule has 2 aliphatic rings. The topological polar surface area (TPSA) is 57.2 Å². The lowest BCUT2D eigenvalue weighted by molar-refractivity contribution is -0.222. The highest BCUT2D eigenvalue weighted by Gasteiger charge is 2.55. The van der Waals surface area contributed by atoms with Gasteiger partial charge in [-0.05, 0) is 32.0 Å². The standard InChI is InChI=1S/C14H28O5Si/c1-13(2,3)20(6,7)16-8-9-10-11(12(15)17-9)19-14(4,5)18-10/h9-12,15H,8H2,1-7H3/t9-,10?,11?,12?/m1/s1. The second-order valence-corrected chi connectivity index (χ2v) is 12.5. The van der Waals surface area contributed by atoms with Gasteiger partial charge in [0.1, 0.15) is 18.3 Å². The van der Waals surface area contributed by atoms with Gasteiger partial charge in [0.05, 0.1) is 6.61 Å². The number of fused-ring (bicyclic) bond motifs is 1. The summed E-state index contributed by atoms with van der Waals surface area (Å²) in [5.41, 5.74) is 0. The Morgan fingerprint density at radius 3 is 2.25 bits per heavy atom. The molecule has 0 aromatic heterocycles. The Morgan fingerprint density at radius 2 is 1.70 bits per heavy atom. The Kier molecular flexibility index (Phi) is 4.13. The summed E-state index contributed by atoms with van der Waals surface area (Å²) < 4.78 is 23.2. The fourth-order valence-electron chi connectivity index (χ4n) is 2.30. The fraction of sp³-hybridized carbons (Fsp3) is 1.00. The van der Waals surface area contributed by atoms with Gasteiger partial charge >= 0.3 is 0 Å². The van der Waals surface area contributed by atoms with Crippen molar-refractivity contribution in [2.45, 2.75) is 83.1 Å². The first-order chi connectivity index (χ1) is 8.93. The number of aliphatic hydroxyl groups excluding tert-OH is 1. The number of rotatable bonds is 3. The Bertz CT molecular complexity index is 363. The van der Waals surface area contributed by atoms with Crippen LogP contribution in [0.4, 0.5) is 0 Å². The second kappa shape index (κ2) is 5.03. The molecule has 0 spiro atoms. The van der Waals surface area contributed by atoms with Crippen LogP contribution in [-0.2, 0) is 18.6 Å². The molecule has 0 aromatic carbocycles. The summed E-state index contributed by atoms with van der Waals surface area (Å²) in [6.07, 6.45) is -1.89. The van der Waals surface area contributed by atoms with E-state index in [0.29, 0.717) is 6.61 Å². The Morgan fingerprint density at radius 1 is 1.15 bits per heavy atom. The van der Waals surface area contributed by atoms with Crippen LogP contribution in [0, 0.1) is 0 Å². The summed E-state index contributed by atoms with van der Waals surface area (Å²) in [7, 11) is -1.83. The molecule has 2 aliphatic heterocycles. The first-order valence-corrected chi connectivity index (χ1v) is 10.2. The molecule has 6 heteroatoms. The largest absolute Gasteiger partial charge is 0.414 e. The van der Waals surface area contributed by atoms with Crippen LogP contribution in [0.1, 0.15) is 34.6 Å². The van der Waals surface area contributed by atoms with Crippen LogP contribution < -0.4 is 0 Å². The maximum Gasteiger partial charge on any atom is 0.192 e. The van der Waals surface area contributed by atoms with Gasteiger partial charge in [-0.25, -0.2) is 0 Å². The molecule has 0 amide bonds. The molecular weight excluding hydrogens is 276 g/mol. The number of hydrogen-bond donors (Lipinski definition) is 1. The van der Waals surface area contributed by atoms with Crippen molar-refractivity contribution < 1.29 is 23.7 Å². The molecule has 5 nitrogen and oxygen atoms in total. The van der Waals surface area contributed by atoms with Crippen LogP contribution in [-0.4, -0.2) is 50.4 Å². The maximum absolute atomic E-state index is 9.92. The highest BCUT2D eigenvalue weighted by molar-refractivity contribution is 6.74. The lowest BCUT2D eigenvalue weighted by Gasteiger charge is -2.37. The van der Waals surface area contributed by atoms with Crippen molar-refractivity contribution in [1.29, 1.82) is 0 Å². The molecule has 0 saturated carbocycles. The van der Waals surface area contributed by atoms with E-state index in [0.717, 1.165) is 0 Å². The van der Waals surface area contributed by atoms with Gasteiger partial charge in [0.15, 0.2) is 20.4 Å². The first-order valence-electron chi connectivity index (χ1n) is 7.26. The summed E-state index contributed by atoms with van der Waals surface area (Å²) in [4.78, 5) is 0. The summed E-state index contributed by atoms with van der Waals surface area (Å²) in [6.45, 7) is 15.1. The molecule has 2 saturated heterocycles. The van der Waals surface area contributed by atoms with E-state index in [9.17, 15) is 5.11 Å². The monoisotopic (exact) mass is 304 g/mol. The van der Waals surface area contributed by atoms with Crippen molar-refractivity contribution >= 4 is 8.32 Å². The predicted molar refractivity (Wildman–Crippen MR) is 77.9 cm³/mol. The molecular formula is C14H28O5Si. The van der Waals surface area contributed by atoms with Gasteiger partial charge in [-0.15, -0.1) is 0 Å². The molecule has 1 N–H and O–H groups in total. The Labute approximate surface area is 122 Å². The third-order valence-electron chi connectivity index (χ3n) is 4.54. The molecule has 2 rings (SSSR count). The first kappa shape index (κ1) is 16.4. The van der Waals surface area contributed by atoms with Crippen molar-refractivity contribution in [3.8, 4) is 0 Å². The van der Waals surface area contributed by atoms with Crippen LogP contribution >= 0.6 is 0 Å². The van der Waals surface area contributed by atoms with E-state index in [-0.39, 0.29) is 17.2 Å². The van der Waals surface area contributed by atoms with E-state index >= 15 is 0 Å². The van der Waals surface area contributed by atoms with E-state index in [2.05, 4.69) is 33.9 Å². The van der Waals surface area contributed by atoms with Crippen molar-refractivity contribution in [1.82, 2.24) is 0 Å². The van der Waals surface area contributed by atoms with E-state index in [1.165, 1.54) is 0 Å².